The van der Waals surface area contributed by atoms with Crippen molar-refractivity contribution in [2.75, 3.05) is 19.0 Å². The smallest absolute Gasteiger partial charge is 0.0894 e. The van der Waals surface area contributed by atoms with Gasteiger partial charge >= 0.3 is 0 Å². The van der Waals surface area contributed by atoms with Gasteiger partial charge in [-0.15, -0.1) is 0 Å². The first-order chi connectivity index (χ1) is 11.7. The molecule has 3 heteroatoms. The van der Waals surface area contributed by atoms with E-state index in [1.165, 1.54) is 16.8 Å². The zero-order valence-electron chi connectivity index (χ0n) is 14.2. The van der Waals surface area contributed by atoms with Crippen LogP contribution in [0.15, 0.2) is 48.5 Å². The topological polar surface area (TPSA) is 29.0 Å². The molecule has 0 N–H and O–H groups in total. The fraction of sp³-hybridized carbons (Fsp3) is 0.238. The fourth-order valence-corrected chi connectivity index (χ4v) is 3.24. The van der Waals surface area contributed by atoms with E-state index in [1.807, 2.05) is 24.3 Å². The van der Waals surface area contributed by atoms with Gasteiger partial charge in [-0.25, -0.2) is 9.97 Å². The lowest BCUT2D eigenvalue weighted by atomic mass is 9.93. The van der Waals surface area contributed by atoms with Crippen LogP contribution in [0.4, 0.5) is 5.69 Å². The lowest BCUT2D eigenvalue weighted by Gasteiger charge is -2.18. The fourth-order valence-electron chi connectivity index (χ4n) is 3.24. The van der Waals surface area contributed by atoms with Crippen molar-refractivity contribution in [3.8, 4) is 0 Å². The van der Waals surface area contributed by atoms with Crippen LogP contribution in [0.3, 0.4) is 0 Å². The van der Waals surface area contributed by atoms with Gasteiger partial charge in [0, 0.05) is 19.8 Å². The van der Waals surface area contributed by atoms with Crippen LogP contribution < -0.4 is 4.90 Å². The minimum atomic E-state index is 0.979. The molecular formula is C21H21N3. The first-order valence-electron chi connectivity index (χ1n) is 8.45. The Labute approximate surface area is 142 Å². The molecule has 24 heavy (non-hydrogen) atoms. The molecule has 1 aliphatic carbocycles. The van der Waals surface area contributed by atoms with Crippen LogP contribution in [0.25, 0.3) is 22.7 Å². The largest absolute Gasteiger partial charge is 0.378 e. The number of hydrogen-bond donors (Lipinski definition) is 0. The van der Waals surface area contributed by atoms with Crippen LogP contribution in [-0.4, -0.2) is 24.1 Å². The summed E-state index contributed by atoms with van der Waals surface area (Å²) < 4.78 is 0. The predicted molar refractivity (Wildman–Crippen MR) is 101 cm³/mol. The van der Waals surface area contributed by atoms with E-state index in [2.05, 4.69) is 49.3 Å². The number of nitrogens with zero attached hydrogens (tertiary/aromatic N) is 3. The number of anilines is 1. The lowest BCUT2D eigenvalue weighted by Crippen LogP contribution is -2.08. The molecule has 0 amide bonds. The van der Waals surface area contributed by atoms with Gasteiger partial charge in [0.15, 0.2) is 0 Å². The zero-order valence-corrected chi connectivity index (χ0v) is 14.2. The highest BCUT2D eigenvalue weighted by atomic mass is 15.1. The molecule has 0 saturated carbocycles. The number of benzene rings is 2. The Morgan fingerprint density at radius 1 is 0.875 bits per heavy atom. The summed E-state index contributed by atoms with van der Waals surface area (Å²) >= 11 is 0. The Kier molecular flexibility index (Phi) is 3.77. The summed E-state index contributed by atoms with van der Waals surface area (Å²) in [5.41, 5.74) is 7.92. The van der Waals surface area contributed by atoms with Crippen LogP contribution in [0.1, 0.15) is 29.8 Å². The van der Waals surface area contributed by atoms with Gasteiger partial charge in [-0.05, 0) is 60.7 Å². The van der Waals surface area contributed by atoms with Gasteiger partial charge in [0.05, 0.1) is 22.4 Å². The second kappa shape index (κ2) is 6.08. The van der Waals surface area contributed by atoms with E-state index in [9.17, 15) is 0 Å². The third-order valence-electron chi connectivity index (χ3n) is 4.56. The Hall–Kier alpha value is -2.68. The number of para-hydroxylation sites is 2. The van der Waals surface area contributed by atoms with Gasteiger partial charge in [-0.1, -0.05) is 24.3 Å². The minimum Gasteiger partial charge on any atom is -0.378 e. The van der Waals surface area contributed by atoms with E-state index < -0.39 is 0 Å². The van der Waals surface area contributed by atoms with Crippen molar-refractivity contribution in [1.29, 1.82) is 0 Å². The zero-order chi connectivity index (χ0) is 16.5. The maximum atomic E-state index is 4.90. The average molecular weight is 315 g/mol. The van der Waals surface area contributed by atoms with Crippen molar-refractivity contribution >= 4 is 28.4 Å². The predicted octanol–water partition coefficient (Wildman–Crippen LogP) is 4.57. The molecule has 0 aliphatic heterocycles. The van der Waals surface area contributed by atoms with E-state index in [0.717, 1.165) is 41.7 Å². The highest BCUT2D eigenvalue weighted by Gasteiger charge is 2.18. The molecule has 0 spiro atoms. The van der Waals surface area contributed by atoms with Gasteiger partial charge in [-0.3, -0.25) is 0 Å². The molecule has 3 aromatic rings. The van der Waals surface area contributed by atoms with Crippen molar-refractivity contribution in [2.24, 2.45) is 0 Å². The Balaban J connectivity index is 1.76. The second-order valence-corrected chi connectivity index (χ2v) is 6.52. The van der Waals surface area contributed by atoms with Crippen molar-refractivity contribution < 1.29 is 0 Å². The molecule has 1 aliphatic rings. The Morgan fingerprint density at radius 3 is 2.29 bits per heavy atom. The first kappa shape index (κ1) is 14.9. The standard InChI is InChI=1S/C21H21N3/c1-24(2)17-12-10-15(11-13-17)14-16-6-5-9-20-21(16)23-19-8-4-3-7-18(19)22-20/h3-4,7-8,10-14H,5-6,9H2,1-2H3/b16-14+. The third-order valence-corrected chi connectivity index (χ3v) is 4.56. The molecule has 2 aromatic carbocycles. The van der Waals surface area contributed by atoms with Crippen LogP contribution in [-0.2, 0) is 6.42 Å². The molecule has 3 nitrogen and oxygen atoms in total. The van der Waals surface area contributed by atoms with Crippen molar-refractivity contribution in [3.05, 3.63) is 65.5 Å². The number of hydrogen-bond acceptors (Lipinski definition) is 3. The van der Waals surface area contributed by atoms with Gasteiger partial charge in [0.1, 0.15) is 0 Å². The van der Waals surface area contributed by atoms with Crippen molar-refractivity contribution in [2.45, 2.75) is 19.3 Å². The van der Waals surface area contributed by atoms with Crippen molar-refractivity contribution in [1.82, 2.24) is 9.97 Å². The third kappa shape index (κ3) is 2.78. The molecule has 0 atom stereocenters. The molecule has 0 radical (unpaired) electrons. The highest BCUT2D eigenvalue weighted by molar-refractivity contribution is 5.85. The maximum absolute atomic E-state index is 4.90. The quantitative estimate of drug-likeness (QED) is 0.693. The molecule has 0 unspecified atom stereocenters. The molecule has 0 bridgehead atoms. The summed E-state index contributed by atoms with van der Waals surface area (Å²) in [5, 5.41) is 0. The van der Waals surface area contributed by atoms with Crippen molar-refractivity contribution in [3.63, 3.8) is 0 Å². The van der Waals surface area contributed by atoms with E-state index in [1.54, 1.807) is 0 Å². The highest BCUT2D eigenvalue weighted by Crippen LogP contribution is 2.31. The van der Waals surface area contributed by atoms with E-state index in [0.29, 0.717) is 0 Å². The summed E-state index contributed by atoms with van der Waals surface area (Å²) in [4.78, 5) is 11.9. The molecule has 120 valence electrons. The lowest BCUT2D eigenvalue weighted by molar-refractivity contribution is 0.788. The monoisotopic (exact) mass is 315 g/mol. The first-order valence-corrected chi connectivity index (χ1v) is 8.45. The second-order valence-electron chi connectivity index (χ2n) is 6.52. The van der Waals surface area contributed by atoms with Gasteiger partial charge in [0.25, 0.3) is 0 Å². The van der Waals surface area contributed by atoms with Crippen LogP contribution in [0.2, 0.25) is 0 Å². The van der Waals surface area contributed by atoms with Crippen LogP contribution in [0.5, 0.6) is 0 Å². The molecular weight excluding hydrogens is 294 g/mol. The van der Waals surface area contributed by atoms with Gasteiger partial charge in [-0.2, -0.15) is 0 Å². The van der Waals surface area contributed by atoms with E-state index in [4.69, 9.17) is 9.97 Å². The molecule has 0 fully saturated rings. The Morgan fingerprint density at radius 2 is 1.58 bits per heavy atom. The number of rotatable bonds is 2. The summed E-state index contributed by atoms with van der Waals surface area (Å²) in [6.07, 6.45) is 5.49. The molecule has 1 aromatic heterocycles. The number of aryl methyl sites for hydroxylation is 1. The summed E-state index contributed by atoms with van der Waals surface area (Å²) in [6.45, 7) is 0. The van der Waals surface area contributed by atoms with Crippen LogP contribution >= 0.6 is 0 Å². The number of aromatic nitrogens is 2. The molecule has 4 rings (SSSR count). The Bertz CT molecular complexity index is 908. The average Bonchev–Trinajstić information content (AvgIpc) is 2.61. The normalized spacial score (nSPS) is 15.5. The number of allylic oxidation sites excluding steroid dienone is 1. The summed E-state index contributed by atoms with van der Waals surface area (Å²) in [7, 11) is 4.12. The molecule has 0 saturated heterocycles. The molecule has 1 heterocycles. The summed E-state index contributed by atoms with van der Waals surface area (Å²) in [5.74, 6) is 0. The van der Waals surface area contributed by atoms with Crippen LogP contribution in [0, 0.1) is 0 Å². The summed E-state index contributed by atoms with van der Waals surface area (Å²) in [6, 6.07) is 16.8. The SMILES string of the molecule is CN(C)c1ccc(/C=C2\CCCc3nc4ccccc4nc32)cc1. The van der Waals surface area contributed by atoms with E-state index in [-0.39, 0.29) is 0 Å². The number of fused-ring (bicyclic) bond motifs is 2. The van der Waals surface area contributed by atoms with E-state index >= 15 is 0 Å². The van der Waals surface area contributed by atoms with Gasteiger partial charge < -0.3 is 4.90 Å². The van der Waals surface area contributed by atoms with Gasteiger partial charge in [0.2, 0.25) is 0 Å². The minimum absolute atomic E-state index is 0.979. The maximum Gasteiger partial charge on any atom is 0.0894 e.